The molecule has 1 aliphatic heterocycles. The predicted molar refractivity (Wildman–Crippen MR) is 102 cm³/mol. The van der Waals surface area contributed by atoms with Crippen molar-refractivity contribution >= 4 is 28.4 Å². The quantitative estimate of drug-likeness (QED) is 0.702. The number of carbonyl (C=O) groups excluding carboxylic acids is 1. The Bertz CT molecular complexity index is 872. The van der Waals surface area contributed by atoms with E-state index in [4.69, 9.17) is 5.73 Å². The van der Waals surface area contributed by atoms with Gasteiger partial charge >= 0.3 is 5.97 Å². The molecular formula is C17H23ClN4O4S. The topological polar surface area (TPSA) is 108 Å². The highest BCUT2D eigenvalue weighted by atomic mass is 35.5. The normalized spacial score (nSPS) is 20.2. The second kappa shape index (κ2) is 8.83. The van der Waals surface area contributed by atoms with Crippen LogP contribution < -0.4 is 5.73 Å². The molecule has 2 aromatic rings. The Morgan fingerprint density at radius 3 is 2.63 bits per heavy atom. The van der Waals surface area contributed by atoms with Gasteiger partial charge in [0.1, 0.15) is 11.4 Å². The molecule has 0 saturated carbocycles. The molecule has 3 rings (SSSR count). The molecule has 0 amide bonds. The minimum Gasteiger partial charge on any atom is -0.468 e. The van der Waals surface area contributed by atoms with Gasteiger partial charge in [-0.15, -0.1) is 12.4 Å². The Hall–Kier alpha value is -1.94. The molecule has 0 radical (unpaired) electrons. The zero-order valence-electron chi connectivity index (χ0n) is 14.9. The number of nitrogens with zero attached hydrogens (tertiary/aromatic N) is 3. The van der Waals surface area contributed by atoms with Gasteiger partial charge in [-0.1, -0.05) is 30.3 Å². The molecule has 1 aliphatic rings. The molecule has 0 unspecified atom stereocenters. The first-order valence-electron chi connectivity index (χ1n) is 8.30. The molecule has 0 bridgehead atoms. The fraction of sp³-hybridized carbons (Fsp3) is 0.412. The maximum absolute atomic E-state index is 13.0. The van der Waals surface area contributed by atoms with E-state index in [0.29, 0.717) is 19.6 Å². The minimum atomic E-state index is -3.70. The lowest BCUT2D eigenvalue weighted by molar-refractivity contribution is -0.141. The van der Waals surface area contributed by atoms with Gasteiger partial charge in [-0.05, 0) is 18.0 Å². The van der Waals surface area contributed by atoms with Crippen LogP contribution in [0.4, 0.5) is 0 Å². The van der Waals surface area contributed by atoms with Crippen molar-refractivity contribution in [1.82, 2.24) is 14.1 Å². The lowest BCUT2D eigenvalue weighted by Crippen LogP contribution is -2.29. The number of benzene rings is 1. The van der Waals surface area contributed by atoms with Gasteiger partial charge in [-0.2, -0.15) is 9.40 Å². The highest BCUT2D eigenvalue weighted by Crippen LogP contribution is 2.35. The summed E-state index contributed by atoms with van der Waals surface area (Å²) in [5, 5.41) is 3.94. The number of esters is 1. The van der Waals surface area contributed by atoms with E-state index in [2.05, 4.69) is 9.84 Å². The van der Waals surface area contributed by atoms with Gasteiger partial charge in [0.2, 0.25) is 10.0 Å². The molecule has 10 heteroatoms. The lowest BCUT2D eigenvalue weighted by Gasteiger charge is -2.16. The van der Waals surface area contributed by atoms with Gasteiger partial charge in [0.15, 0.2) is 0 Å². The summed E-state index contributed by atoms with van der Waals surface area (Å²) in [5.41, 5.74) is 6.98. The van der Waals surface area contributed by atoms with E-state index in [1.54, 1.807) is 0 Å². The van der Waals surface area contributed by atoms with Crippen LogP contribution in [0, 0.1) is 5.92 Å². The summed E-state index contributed by atoms with van der Waals surface area (Å²) in [6.45, 7) is 1.01. The van der Waals surface area contributed by atoms with Crippen molar-refractivity contribution in [2.75, 3.05) is 26.7 Å². The molecule has 1 aromatic carbocycles. The third-order valence-corrected chi connectivity index (χ3v) is 6.49. The first-order chi connectivity index (χ1) is 12.5. The van der Waals surface area contributed by atoms with Crippen LogP contribution in [0.25, 0.3) is 0 Å². The Balaban J connectivity index is 0.00000261. The number of halogens is 1. The second-order valence-electron chi connectivity index (χ2n) is 6.28. The molecule has 2 N–H and O–H groups in total. The fourth-order valence-electron chi connectivity index (χ4n) is 3.25. The minimum absolute atomic E-state index is 0. The first-order valence-corrected chi connectivity index (χ1v) is 9.74. The van der Waals surface area contributed by atoms with Crippen LogP contribution in [-0.2, 0) is 26.1 Å². The number of sulfonamides is 1. The molecule has 0 aliphatic carbocycles. The number of rotatable bonds is 6. The summed E-state index contributed by atoms with van der Waals surface area (Å²) in [6.07, 6.45) is 2.60. The van der Waals surface area contributed by atoms with E-state index < -0.39 is 16.0 Å². The molecule has 148 valence electrons. The average Bonchev–Trinajstić information content (AvgIpc) is 3.29. The highest BCUT2D eigenvalue weighted by Gasteiger charge is 2.39. The third kappa shape index (κ3) is 4.49. The summed E-state index contributed by atoms with van der Waals surface area (Å²) >= 11 is 0. The third-order valence-electron chi connectivity index (χ3n) is 4.70. The van der Waals surface area contributed by atoms with Crippen molar-refractivity contribution in [3.05, 3.63) is 48.3 Å². The van der Waals surface area contributed by atoms with Crippen molar-refractivity contribution < 1.29 is 17.9 Å². The summed E-state index contributed by atoms with van der Waals surface area (Å²) in [6, 6.07) is 9.81. The van der Waals surface area contributed by atoms with Crippen molar-refractivity contribution in [3.63, 3.8) is 0 Å². The number of aromatic nitrogens is 2. The van der Waals surface area contributed by atoms with Crippen LogP contribution in [0.1, 0.15) is 11.5 Å². The standard InChI is InChI=1S/C17H22N4O4S.ClH/c1-25-17(22)12-20-10-15(8-19-20)26(23,24)21-9-14(7-18)16(11-21)13-5-3-2-4-6-13;/h2-6,8,10,14,16H,7,9,11-12,18H2,1H3;1H/t14-,16+;/m1./s1. The molecule has 2 heterocycles. The Kier molecular flexibility index (Phi) is 6.99. The van der Waals surface area contributed by atoms with Crippen LogP contribution in [0.5, 0.6) is 0 Å². The SMILES string of the molecule is COC(=O)Cn1cc(S(=O)(=O)N2C[C@@H](CN)[C@H](c3ccccc3)C2)cn1.Cl. The monoisotopic (exact) mass is 414 g/mol. The zero-order chi connectivity index (χ0) is 18.7. The highest BCUT2D eigenvalue weighted by molar-refractivity contribution is 7.89. The van der Waals surface area contributed by atoms with Gasteiger partial charge in [0.05, 0.1) is 13.3 Å². The van der Waals surface area contributed by atoms with Crippen LogP contribution in [0.15, 0.2) is 47.6 Å². The van der Waals surface area contributed by atoms with E-state index in [9.17, 15) is 13.2 Å². The van der Waals surface area contributed by atoms with Crippen LogP contribution >= 0.6 is 12.4 Å². The Morgan fingerprint density at radius 2 is 2.00 bits per heavy atom. The van der Waals surface area contributed by atoms with Gasteiger partial charge < -0.3 is 10.5 Å². The van der Waals surface area contributed by atoms with E-state index in [1.807, 2.05) is 30.3 Å². The van der Waals surface area contributed by atoms with Gasteiger partial charge in [0.25, 0.3) is 0 Å². The number of hydrogen-bond acceptors (Lipinski definition) is 6. The number of hydrogen-bond donors (Lipinski definition) is 1. The van der Waals surface area contributed by atoms with E-state index in [0.717, 1.165) is 5.56 Å². The average molecular weight is 415 g/mol. The molecule has 0 spiro atoms. The summed E-state index contributed by atoms with van der Waals surface area (Å²) < 4.78 is 33.2. The summed E-state index contributed by atoms with van der Waals surface area (Å²) in [7, 11) is -2.43. The Labute approximate surface area is 164 Å². The van der Waals surface area contributed by atoms with Crippen LogP contribution in [0.2, 0.25) is 0 Å². The smallest absolute Gasteiger partial charge is 0.327 e. The van der Waals surface area contributed by atoms with Crippen LogP contribution in [0.3, 0.4) is 0 Å². The maximum atomic E-state index is 13.0. The Morgan fingerprint density at radius 1 is 1.30 bits per heavy atom. The van der Waals surface area contributed by atoms with Gasteiger partial charge in [-0.25, -0.2) is 8.42 Å². The van der Waals surface area contributed by atoms with Gasteiger partial charge in [0, 0.05) is 25.2 Å². The van der Waals surface area contributed by atoms with Crippen molar-refractivity contribution in [2.45, 2.75) is 17.4 Å². The maximum Gasteiger partial charge on any atom is 0.327 e. The molecule has 1 aromatic heterocycles. The molecule has 1 saturated heterocycles. The molecular weight excluding hydrogens is 392 g/mol. The molecule has 1 fully saturated rings. The second-order valence-corrected chi connectivity index (χ2v) is 8.22. The molecule has 8 nitrogen and oxygen atoms in total. The summed E-state index contributed by atoms with van der Waals surface area (Å²) in [5.74, 6) is -0.385. The molecule has 27 heavy (non-hydrogen) atoms. The van der Waals surface area contributed by atoms with E-state index in [1.165, 1.54) is 28.5 Å². The van der Waals surface area contributed by atoms with Crippen LogP contribution in [-0.4, -0.2) is 55.2 Å². The number of nitrogens with two attached hydrogens (primary N) is 1. The first kappa shape index (κ1) is 21.4. The zero-order valence-corrected chi connectivity index (χ0v) is 16.5. The summed E-state index contributed by atoms with van der Waals surface area (Å²) in [4.78, 5) is 11.4. The lowest BCUT2D eigenvalue weighted by atomic mass is 9.89. The van der Waals surface area contributed by atoms with Crippen molar-refractivity contribution in [1.29, 1.82) is 0 Å². The molecule has 2 atom stereocenters. The largest absolute Gasteiger partial charge is 0.468 e. The number of carbonyl (C=O) groups is 1. The van der Waals surface area contributed by atoms with E-state index >= 15 is 0 Å². The predicted octanol–water partition coefficient (Wildman–Crippen LogP) is 0.841. The van der Waals surface area contributed by atoms with E-state index in [-0.39, 0.29) is 35.7 Å². The number of ether oxygens (including phenoxy) is 1. The van der Waals surface area contributed by atoms with Crippen molar-refractivity contribution in [3.8, 4) is 0 Å². The number of methoxy groups -OCH3 is 1. The fourth-order valence-corrected chi connectivity index (χ4v) is 4.73. The van der Waals surface area contributed by atoms with Gasteiger partial charge in [-0.3, -0.25) is 9.48 Å². The van der Waals surface area contributed by atoms with Crippen molar-refractivity contribution in [2.24, 2.45) is 11.7 Å².